The smallest absolute Gasteiger partial charge is 0.348 e. The molecule has 1 aliphatic heterocycles. The standard InChI is InChI=1S/C21H24FN3O3S/c1-3-27-21(26)20-16(19-17(22)5-4-6-18(19)29-20)13-25-9-7-24(8-10-25)12-15-11-14(2)28-23-15/h4-6,11H,3,7-10,12-13H2,1-2H3/p+2. The van der Waals surface area contributed by atoms with Crippen LogP contribution in [0.4, 0.5) is 4.39 Å². The van der Waals surface area contributed by atoms with Crippen LogP contribution < -0.4 is 9.80 Å². The molecular weight excluding hydrogens is 393 g/mol. The molecule has 3 aromatic rings. The summed E-state index contributed by atoms with van der Waals surface area (Å²) in [5.41, 5.74) is 1.77. The van der Waals surface area contributed by atoms with Crippen molar-refractivity contribution in [3.05, 3.63) is 52.0 Å². The monoisotopic (exact) mass is 419 g/mol. The number of nitrogens with zero attached hydrogens (tertiary/aromatic N) is 1. The van der Waals surface area contributed by atoms with Crippen molar-refractivity contribution in [3.63, 3.8) is 0 Å². The van der Waals surface area contributed by atoms with Crippen LogP contribution in [0.1, 0.15) is 33.6 Å². The van der Waals surface area contributed by atoms with Gasteiger partial charge in [0.25, 0.3) is 0 Å². The Labute approximate surface area is 172 Å². The molecule has 0 atom stereocenters. The van der Waals surface area contributed by atoms with E-state index in [0.29, 0.717) is 23.4 Å². The Morgan fingerprint density at radius 1 is 1.24 bits per heavy atom. The molecule has 29 heavy (non-hydrogen) atoms. The zero-order chi connectivity index (χ0) is 20.4. The van der Waals surface area contributed by atoms with E-state index >= 15 is 0 Å². The van der Waals surface area contributed by atoms with Gasteiger partial charge in [-0.3, -0.25) is 0 Å². The van der Waals surface area contributed by atoms with Gasteiger partial charge in [-0.25, -0.2) is 9.18 Å². The van der Waals surface area contributed by atoms with Crippen molar-refractivity contribution < 1.29 is 28.2 Å². The van der Waals surface area contributed by atoms with Crippen molar-refractivity contribution in [3.8, 4) is 0 Å². The van der Waals surface area contributed by atoms with Gasteiger partial charge in [-0.05, 0) is 26.0 Å². The van der Waals surface area contributed by atoms with E-state index in [1.807, 2.05) is 19.1 Å². The van der Waals surface area contributed by atoms with Gasteiger partial charge < -0.3 is 19.1 Å². The maximum absolute atomic E-state index is 14.6. The van der Waals surface area contributed by atoms with Crippen LogP contribution in [-0.2, 0) is 17.8 Å². The van der Waals surface area contributed by atoms with E-state index in [-0.39, 0.29) is 11.8 Å². The third-order valence-electron chi connectivity index (χ3n) is 5.42. The van der Waals surface area contributed by atoms with E-state index in [9.17, 15) is 9.18 Å². The Balaban J connectivity index is 1.49. The first-order valence-electron chi connectivity index (χ1n) is 10.0. The summed E-state index contributed by atoms with van der Waals surface area (Å²) in [6, 6.07) is 7.00. The van der Waals surface area contributed by atoms with Gasteiger partial charge in [-0.2, -0.15) is 0 Å². The minimum atomic E-state index is -0.354. The lowest BCUT2D eigenvalue weighted by Gasteiger charge is -2.29. The molecule has 0 saturated carbocycles. The number of halogens is 1. The van der Waals surface area contributed by atoms with Crippen molar-refractivity contribution in [2.24, 2.45) is 0 Å². The fraction of sp³-hybridized carbons (Fsp3) is 0.429. The number of carbonyl (C=O) groups is 1. The van der Waals surface area contributed by atoms with Crippen LogP contribution in [0.5, 0.6) is 0 Å². The fourth-order valence-corrected chi connectivity index (χ4v) is 5.14. The van der Waals surface area contributed by atoms with Gasteiger partial charge in [-0.15, -0.1) is 11.3 Å². The van der Waals surface area contributed by atoms with Crippen LogP contribution in [-0.4, -0.2) is 43.9 Å². The summed E-state index contributed by atoms with van der Waals surface area (Å²) >= 11 is 1.33. The van der Waals surface area contributed by atoms with Crippen molar-refractivity contribution in [1.82, 2.24) is 5.16 Å². The maximum atomic E-state index is 14.6. The molecule has 0 amide bonds. The van der Waals surface area contributed by atoms with Gasteiger partial charge in [-0.1, -0.05) is 11.2 Å². The Kier molecular flexibility index (Phi) is 5.94. The maximum Gasteiger partial charge on any atom is 0.348 e. The van der Waals surface area contributed by atoms with Crippen LogP contribution in [0, 0.1) is 12.7 Å². The van der Waals surface area contributed by atoms with E-state index in [0.717, 1.165) is 54.4 Å². The summed E-state index contributed by atoms with van der Waals surface area (Å²) < 4.78 is 25.8. The highest BCUT2D eigenvalue weighted by atomic mass is 32.1. The normalized spacial score (nSPS) is 19.6. The number of aryl methyl sites for hydroxylation is 1. The summed E-state index contributed by atoms with van der Waals surface area (Å²) in [4.78, 5) is 15.8. The van der Waals surface area contributed by atoms with Crippen molar-refractivity contribution in [2.75, 3.05) is 32.8 Å². The number of aromatic nitrogens is 1. The van der Waals surface area contributed by atoms with Gasteiger partial charge in [0, 0.05) is 21.7 Å². The average Bonchev–Trinajstić information content (AvgIpc) is 3.28. The van der Waals surface area contributed by atoms with E-state index in [2.05, 4.69) is 5.16 Å². The van der Waals surface area contributed by atoms with Crippen molar-refractivity contribution >= 4 is 27.4 Å². The Bertz CT molecular complexity index is 1010. The van der Waals surface area contributed by atoms with Crippen LogP contribution in [0.25, 0.3) is 10.1 Å². The molecule has 2 N–H and O–H groups in total. The van der Waals surface area contributed by atoms with Gasteiger partial charge in [0.05, 0.1) is 6.61 Å². The summed E-state index contributed by atoms with van der Waals surface area (Å²) in [5, 5.41) is 4.66. The molecule has 1 fully saturated rings. The minimum Gasteiger partial charge on any atom is -0.462 e. The highest BCUT2D eigenvalue weighted by Gasteiger charge is 2.29. The molecule has 0 unspecified atom stereocenters. The molecule has 3 heterocycles. The fourth-order valence-electron chi connectivity index (χ4n) is 4.02. The van der Waals surface area contributed by atoms with Gasteiger partial charge in [0.1, 0.15) is 61.4 Å². The number of carbonyl (C=O) groups excluding carboxylic acids is 1. The van der Waals surface area contributed by atoms with Crippen molar-refractivity contribution in [1.29, 1.82) is 0 Å². The summed E-state index contributed by atoms with van der Waals surface area (Å²) in [7, 11) is 0. The van der Waals surface area contributed by atoms with E-state index in [4.69, 9.17) is 9.26 Å². The molecule has 6 nitrogen and oxygen atoms in total. The molecule has 1 saturated heterocycles. The first-order chi connectivity index (χ1) is 14.0. The highest BCUT2D eigenvalue weighted by Crippen LogP contribution is 2.33. The predicted molar refractivity (Wildman–Crippen MR) is 108 cm³/mol. The highest BCUT2D eigenvalue weighted by molar-refractivity contribution is 7.21. The Morgan fingerprint density at radius 2 is 1.97 bits per heavy atom. The van der Waals surface area contributed by atoms with E-state index in [1.165, 1.54) is 27.2 Å². The molecule has 1 aromatic carbocycles. The molecule has 2 aromatic heterocycles. The number of nitrogens with one attached hydrogen (secondary N) is 2. The second-order valence-electron chi connectivity index (χ2n) is 7.53. The number of hydrogen-bond donors (Lipinski definition) is 2. The van der Waals surface area contributed by atoms with Crippen LogP contribution in [0.3, 0.4) is 0 Å². The lowest BCUT2D eigenvalue weighted by Crippen LogP contribution is -3.27. The average molecular weight is 420 g/mol. The number of fused-ring (bicyclic) bond motifs is 1. The SMILES string of the molecule is CCOC(=O)c1sc2cccc(F)c2c1C[NH+]1CC[NH+](Cc2cc(C)on2)CC1. The minimum absolute atomic E-state index is 0.269. The number of hydrogen-bond acceptors (Lipinski definition) is 5. The number of piperazine rings is 1. The Morgan fingerprint density at radius 3 is 2.62 bits per heavy atom. The van der Waals surface area contributed by atoms with Gasteiger partial charge in [0.15, 0.2) is 0 Å². The molecular formula is C21H26FN3O3S+2. The third kappa shape index (κ3) is 4.34. The van der Waals surface area contributed by atoms with Crippen LogP contribution in [0.15, 0.2) is 28.8 Å². The topological polar surface area (TPSA) is 61.2 Å². The second kappa shape index (κ2) is 8.61. The quantitative estimate of drug-likeness (QED) is 0.586. The number of thiophene rings is 1. The summed E-state index contributed by atoms with van der Waals surface area (Å²) in [6.07, 6.45) is 0. The van der Waals surface area contributed by atoms with Crippen LogP contribution in [0.2, 0.25) is 0 Å². The summed E-state index contributed by atoms with van der Waals surface area (Å²) in [6.45, 7) is 9.40. The first-order valence-corrected chi connectivity index (χ1v) is 10.8. The summed E-state index contributed by atoms with van der Waals surface area (Å²) in [5.74, 6) is 0.212. The predicted octanol–water partition coefficient (Wildman–Crippen LogP) is 0.997. The van der Waals surface area contributed by atoms with E-state index in [1.54, 1.807) is 13.0 Å². The molecule has 0 radical (unpaired) electrons. The number of ether oxygens (including phenoxy) is 1. The molecule has 4 rings (SSSR count). The molecule has 8 heteroatoms. The molecule has 1 aliphatic rings. The lowest BCUT2D eigenvalue weighted by molar-refractivity contribution is -1.02. The molecule has 154 valence electrons. The first kappa shape index (κ1) is 20.0. The zero-order valence-corrected chi connectivity index (χ0v) is 17.5. The van der Waals surface area contributed by atoms with Crippen molar-refractivity contribution in [2.45, 2.75) is 26.9 Å². The van der Waals surface area contributed by atoms with E-state index < -0.39 is 0 Å². The largest absolute Gasteiger partial charge is 0.462 e. The molecule has 0 bridgehead atoms. The molecule has 0 spiro atoms. The molecule has 0 aliphatic carbocycles. The number of rotatable bonds is 6. The third-order valence-corrected chi connectivity index (χ3v) is 6.60. The number of esters is 1. The zero-order valence-electron chi connectivity index (χ0n) is 16.7. The van der Waals surface area contributed by atoms with Crippen LogP contribution >= 0.6 is 11.3 Å². The van der Waals surface area contributed by atoms with Gasteiger partial charge in [0.2, 0.25) is 0 Å². The van der Waals surface area contributed by atoms with Gasteiger partial charge >= 0.3 is 5.97 Å². The lowest BCUT2D eigenvalue weighted by atomic mass is 10.1. The Hall–Kier alpha value is -2.29. The number of benzene rings is 1. The second-order valence-corrected chi connectivity index (χ2v) is 8.58. The number of quaternary nitrogens is 2.